The molecular formula is C28H32N2O3. The molecule has 33 heavy (non-hydrogen) atoms. The largest absolute Gasteiger partial charge is 0.493 e. The van der Waals surface area contributed by atoms with Gasteiger partial charge in [-0.05, 0) is 79.6 Å². The second-order valence-electron chi connectivity index (χ2n) is 9.27. The second kappa shape index (κ2) is 9.44. The fraction of sp³-hybridized carbons (Fsp3) is 0.393. The summed E-state index contributed by atoms with van der Waals surface area (Å²) in [6.45, 7) is 3.32. The minimum atomic E-state index is -0.00996. The zero-order chi connectivity index (χ0) is 22.8. The van der Waals surface area contributed by atoms with Crippen molar-refractivity contribution in [3.8, 4) is 17.2 Å². The van der Waals surface area contributed by atoms with Crippen LogP contribution in [0.2, 0.25) is 0 Å². The normalized spacial score (nSPS) is 17.2. The van der Waals surface area contributed by atoms with Crippen molar-refractivity contribution in [2.24, 2.45) is 0 Å². The molecule has 0 amide bonds. The first-order valence-electron chi connectivity index (χ1n) is 11.9. The predicted molar refractivity (Wildman–Crippen MR) is 129 cm³/mol. The van der Waals surface area contributed by atoms with Gasteiger partial charge in [0.05, 0.1) is 13.2 Å². The molecule has 0 bridgehead atoms. The molecule has 2 aliphatic rings. The number of Topliss-reactive ketones (excluding diaryl/α,β-unsaturated/α-hetero) is 1. The van der Waals surface area contributed by atoms with Gasteiger partial charge in [0, 0.05) is 43.6 Å². The van der Waals surface area contributed by atoms with Crippen molar-refractivity contribution >= 4 is 5.78 Å². The van der Waals surface area contributed by atoms with Gasteiger partial charge in [-0.3, -0.25) is 9.69 Å². The van der Waals surface area contributed by atoms with Gasteiger partial charge in [0.2, 0.25) is 0 Å². The maximum atomic E-state index is 12.3. The van der Waals surface area contributed by atoms with E-state index in [4.69, 9.17) is 9.47 Å². The fourth-order valence-electron chi connectivity index (χ4n) is 5.30. The molecule has 0 spiro atoms. The van der Waals surface area contributed by atoms with E-state index in [-0.39, 0.29) is 17.9 Å². The number of ketones is 1. The van der Waals surface area contributed by atoms with Crippen molar-refractivity contribution in [2.75, 3.05) is 7.11 Å². The fourth-order valence-corrected chi connectivity index (χ4v) is 5.30. The van der Waals surface area contributed by atoms with Gasteiger partial charge in [-0.15, -0.1) is 0 Å². The standard InChI is InChI=1S/C28H32N2O3/c1-20(31)16-26(21-12-13-27(32-2)28(17-21)33-23-9-3-4-10-23)30-18-22-8-7-11-25(24(22)19-30)29-14-5-6-15-29/h5-8,11-15,17,23,26H,3-4,9-10,16,18-19H2,1-2H3. The smallest absolute Gasteiger partial charge is 0.161 e. The molecule has 1 fully saturated rings. The SMILES string of the molecule is COc1ccc(C(CC(C)=O)N2Cc3cccc(-n4cccc4)c3C2)cc1OC1CCCC1. The van der Waals surface area contributed by atoms with Crippen LogP contribution in [0.4, 0.5) is 0 Å². The van der Waals surface area contributed by atoms with Crippen LogP contribution in [0.1, 0.15) is 61.8 Å². The number of benzene rings is 2. The summed E-state index contributed by atoms with van der Waals surface area (Å²) in [6.07, 6.45) is 9.51. The average Bonchev–Trinajstić information content (AvgIpc) is 3.58. The first kappa shape index (κ1) is 21.8. The first-order chi connectivity index (χ1) is 16.1. The number of hydrogen-bond acceptors (Lipinski definition) is 4. The summed E-state index contributed by atoms with van der Waals surface area (Å²) in [5, 5.41) is 0. The van der Waals surface area contributed by atoms with Gasteiger partial charge in [-0.25, -0.2) is 0 Å². The lowest BCUT2D eigenvalue weighted by Crippen LogP contribution is -2.25. The van der Waals surface area contributed by atoms with Gasteiger partial charge in [0.25, 0.3) is 0 Å². The molecule has 1 aliphatic carbocycles. The number of ether oxygens (including phenoxy) is 2. The Kier molecular flexibility index (Phi) is 6.23. The van der Waals surface area contributed by atoms with Gasteiger partial charge < -0.3 is 14.0 Å². The van der Waals surface area contributed by atoms with Crippen molar-refractivity contribution < 1.29 is 14.3 Å². The summed E-state index contributed by atoms with van der Waals surface area (Å²) in [6, 6.07) is 16.8. The van der Waals surface area contributed by atoms with Crippen molar-refractivity contribution in [3.05, 3.63) is 77.6 Å². The van der Waals surface area contributed by atoms with E-state index in [0.717, 1.165) is 43.0 Å². The summed E-state index contributed by atoms with van der Waals surface area (Å²) < 4.78 is 14.1. The summed E-state index contributed by atoms with van der Waals surface area (Å²) in [5.41, 5.74) is 4.97. The molecule has 1 saturated carbocycles. The molecule has 1 aliphatic heterocycles. The van der Waals surface area contributed by atoms with Crippen LogP contribution in [-0.4, -0.2) is 28.5 Å². The molecule has 5 nitrogen and oxygen atoms in total. The molecule has 3 aromatic rings. The van der Waals surface area contributed by atoms with Gasteiger partial charge in [0.1, 0.15) is 5.78 Å². The topological polar surface area (TPSA) is 43.7 Å². The van der Waals surface area contributed by atoms with Crippen LogP contribution in [0.5, 0.6) is 11.5 Å². The quantitative estimate of drug-likeness (QED) is 0.438. The molecule has 172 valence electrons. The minimum absolute atomic E-state index is 0.00996. The Morgan fingerprint density at radius 1 is 1.03 bits per heavy atom. The van der Waals surface area contributed by atoms with E-state index in [1.54, 1.807) is 14.0 Å². The third kappa shape index (κ3) is 4.55. The van der Waals surface area contributed by atoms with Crippen molar-refractivity contribution in [1.82, 2.24) is 9.47 Å². The molecule has 1 atom stereocenters. The van der Waals surface area contributed by atoms with E-state index < -0.39 is 0 Å². The highest BCUT2D eigenvalue weighted by Crippen LogP contribution is 2.40. The van der Waals surface area contributed by atoms with E-state index in [0.29, 0.717) is 6.42 Å². The second-order valence-corrected chi connectivity index (χ2v) is 9.27. The van der Waals surface area contributed by atoms with Crippen molar-refractivity contribution in [3.63, 3.8) is 0 Å². The number of aromatic nitrogens is 1. The molecule has 1 unspecified atom stereocenters. The summed E-state index contributed by atoms with van der Waals surface area (Å²) >= 11 is 0. The molecule has 2 aromatic carbocycles. The van der Waals surface area contributed by atoms with E-state index in [2.05, 4.69) is 52.2 Å². The number of carbonyl (C=O) groups is 1. The Morgan fingerprint density at radius 2 is 1.82 bits per heavy atom. The molecule has 5 rings (SSSR count). The Labute approximate surface area is 195 Å². The number of fused-ring (bicyclic) bond motifs is 1. The Hall–Kier alpha value is -3.05. The molecular weight excluding hydrogens is 412 g/mol. The highest BCUT2D eigenvalue weighted by molar-refractivity contribution is 5.76. The maximum Gasteiger partial charge on any atom is 0.161 e. The van der Waals surface area contributed by atoms with Gasteiger partial charge >= 0.3 is 0 Å². The third-order valence-electron chi connectivity index (χ3n) is 6.96. The minimum Gasteiger partial charge on any atom is -0.493 e. The van der Waals surface area contributed by atoms with E-state index >= 15 is 0 Å². The zero-order valence-corrected chi connectivity index (χ0v) is 19.5. The summed E-state index contributed by atoms with van der Waals surface area (Å²) in [5.74, 6) is 1.74. The number of hydrogen-bond donors (Lipinski definition) is 0. The Bertz CT molecular complexity index is 1120. The van der Waals surface area contributed by atoms with Crippen LogP contribution in [0, 0.1) is 0 Å². The predicted octanol–water partition coefficient (Wildman–Crippen LogP) is 5.84. The lowest BCUT2D eigenvalue weighted by atomic mass is 9.99. The van der Waals surface area contributed by atoms with Crippen molar-refractivity contribution in [1.29, 1.82) is 0 Å². The molecule has 5 heteroatoms. The first-order valence-corrected chi connectivity index (χ1v) is 11.9. The van der Waals surface area contributed by atoms with Crippen LogP contribution in [0.15, 0.2) is 60.9 Å². The number of nitrogens with zero attached hydrogens (tertiary/aromatic N) is 2. The Balaban J connectivity index is 1.45. The third-order valence-corrected chi connectivity index (χ3v) is 6.96. The lowest BCUT2D eigenvalue weighted by Gasteiger charge is -2.28. The van der Waals surface area contributed by atoms with E-state index in [1.807, 2.05) is 18.2 Å². The highest BCUT2D eigenvalue weighted by Gasteiger charge is 2.30. The maximum absolute atomic E-state index is 12.3. The zero-order valence-electron chi connectivity index (χ0n) is 19.5. The summed E-state index contributed by atoms with van der Waals surface area (Å²) in [4.78, 5) is 14.7. The Morgan fingerprint density at radius 3 is 2.55 bits per heavy atom. The van der Waals surface area contributed by atoms with Crippen LogP contribution >= 0.6 is 0 Å². The molecule has 0 saturated heterocycles. The van der Waals surface area contributed by atoms with Crippen LogP contribution < -0.4 is 9.47 Å². The van der Waals surface area contributed by atoms with E-state index in [1.165, 1.54) is 29.7 Å². The van der Waals surface area contributed by atoms with Crippen molar-refractivity contribution in [2.45, 2.75) is 64.3 Å². The van der Waals surface area contributed by atoms with Gasteiger partial charge in [-0.2, -0.15) is 0 Å². The van der Waals surface area contributed by atoms with Crippen LogP contribution in [0.3, 0.4) is 0 Å². The molecule has 2 heterocycles. The van der Waals surface area contributed by atoms with Gasteiger partial charge in [0.15, 0.2) is 11.5 Å². The number of carbonyl (C=O) groups excluding carboxylic acids is 1. The monoisotopic (exact) mass is 444 g/mol. The summed E-state index contributed by atoms with van der Waals surface area (Å²) in [7, 11) is 1.68. The van der Waals surface area contributed by atoms with Crippen LogP contribution in [0.25, 0.3) is 5.69 Å². The van der Waals surface area contributed by atoms with E-state index in [9.17, 15) is 4.79 Å². The number of methoxy groups -OCH3 is 1. The average molecular weight is 445 g/mol. The highest BCUT2D eigenvalue weighted by atomic mass is 16.5. The lowest BCUT2D eigenvalue weighted by molar-refractivity contribution is -0.118. The van der Waals surface area contributed by atoms with Crippen LogP contribution in [-0.2, 0) is 17.9 Å². The number of rotatable bonds is 8. The molecule has 0 radical (unpaired) electrons. The molecule has 0 N–H and O–H groups in total. The van der Waals surface area contributed by atoms with Gasteiger partial charge in [-0.1, -0.05) is 18.2 Å². The molecule has 1 aromatic heterocycles.